The van der Waals surface area contributed by atoms with E-state index in [9.17, 15) is 4.79 Å². The number of aromatic amines is 1. The van der Waals surface area contributed by atoms with Crippen LogP contribution >= 0.6 is 0 Å². The van der Waals surface area contributed by atoms with Gasteiger partial charge in [0, 0.05) is 6.20 Å². The number of nitrogens with one attached hydrogen (secondary N) is 1. The Morgan fingerprint density at radius 3 is 2.67 bits per heavy atom. The molecule has 0 atom stereocenters. The zero-order chi connectivity index (χ0) is 10.8. The number of hydrogen-bond acceptors (Lipinski definition) is 2. The third-order valence-electron chi connectivity index (χ3n) is 2.54. The van der Waals surface area contributed by atoms with Crippen molar-refractivity contribution < 1.29 is 0 Å². The van der Waals surface area contributed by atoms with Crippen LogP contribution in [0.1, 0.15) is 11.1 Å². The van der Waals surface area contributed by atoms with Gasteiger partial charge >= 0.3 is 0 Å². The van der Waals surface area contributed by atoms with E-state index in [1.165, 1.54) is 17.5 Å². The second-order valence-corrected chi connectivity index (χ2v) is 3.59. The fourth-order valence-corrected chi connectivity index (χ4v) is 1.46. The van der Waals surface area contributed by atoms with Gasteiger partial charge in [0.1, 0.15) is 0 Å². The van der Waals surface area contributed by atoms with E-state index < -0.39 is 0 Å². The minimum atomic E-state index is -0.103. The fourth-order valence-electron chi connectivity index (χ4n) is 1.46. The quantitative estimate of drug-likeness (QED) is 0.765. The van der Waals surface area contributed by atoms with Gasteiger partial charge in [-0.15, -0.1) is 0 Å². The van der Waals surface area contributed by atoms with E-state index in [0.717, 1.165) is 5.56 Å². The minimum absolute atomic E-state index is 0.103. The lowest BCUT2D eigenvalue weighted by Gasteiger charge is -2.03. The van der Waals surface area contributed by atoms with Crippen molar-refractivity contribution in [3.8, 4) is 11.1 Å². The first-order valence-corrected chi connectivity index (χ1v) is 4.79. The summed E-state index contributed by atoms with van der Waals surface area (Å²) >= 11 is 0. The molecule has 1 aromatic carbocycles. The fraction of sp³-hybridized carbons (Fsp3) is 0.167. The van der Waals surface area contributed by atoms with Crippen LogP contribution in [0.5, 0.6) is 0 Å². The maximum absolute atomic E-state index is 11.5. The van der Waals surface area contributed by atoms with Crippen LogP contribution < -0.4 is 5.56 Å². The van der Waals surface area contributed by atoms with Crippen molar-refractivity contribution >= 4 is 0 Å². The third-order valence-corrected chi connectivity index (χ3v) is 2.54. The van der Waals surface area contributed by atoms with E-state index in [2.05, 4.69) is 9.97 Å². The van der Waals surface area contributed by atoms with Gasteiger partial charge in [-0.05, 0) is 30.5 Å². The van der Waals surface area contributed by atoms with E-state index in [1.54, 1.807) is 6.20 Å². The van der Waals surface area contributed by atoms with Crippen molar-refractivity contribution in [2.24, 2.45) is 0 Å². The van der Waals surface area contributed by atoms with Crippen LogP contribution in [0.25, 0.3) is 11.1 Å². The Balaban J connectivity index is 2.60. The van der Waals surface area contributed by atoms with Gasteiger partial charge in [0.2, 0.25) is 0 Å². The molecule has 0 spiro atoms. The van der Waals surface area contributed by atoms with Gasteiger partial charge in [0.25, 0.3) is 5.56 Å². The topological polar surface area (TPSA) is 45.8 Å². The molecule has 76 valence electrons. The Labute approximate surface area is 87.8 Å². The van der Waals surface area contributed by atoms with Crippen LogP contribution in [0, 0.1) is 13.8 Å². The molecule has 3 nitrogen and oxygen atoms in total. The number of aromatic nitrogens is 2. The van der Waals surface area contributed by atoms with Crippen LogP contribution in [0.15, 0.2) is 35.5 Å². The van der Waals surface area contributed by atoms with Crippen molar-refractivity contribution in [2.75, 3.05) is 0 Å². The summed E-state index contributed by atoms with van der Waals surface area (Å²) in [6.07, 6.45) is 2.98. The predicted octanol–water partition coefficient (Wildman–Crippen LogP) is 2.05. The van der Waals surface area contributed by atoms with E-state index in [1.807, 2.05) is 32.0 Å². The van der Waals surface area contributed by atoms with Crippen LogP contribution in [0.3, 0.4) is 0 Å². The lowest BCUT2D eigenvalue weighted by Crippen LogP contribution is -2.08. The van der Waals surface area contributed by atoms with Crippen LogP contribution in [0.2, 0.25) is 0 Å². The molecule has 0 saturated carbocycles. The molecule has 2 aromatic rings. The minimum Gasteiger partial charge on any atom is -0.313 e. The molecule has 0 fully saturated rings. The molecule has 1 aromatic heterocycles. The highest BCUT2D eigenvalue weighted by molar-refractivity contribution is 5.62. The first kappa shape index (κ1) is 9.65. The molecular weight excluding hydrogens is 188 g/mol. The van der Waals surface area contributed by atoms with E-state index in [4.69, 9.17) is 0 Å². The highest BCUT2D eigenvalue weighted by atomic mass is 16.1. The summed E-state index contributed by atoms with van der Waals surface area (Å²) in [5, 5.41) is 0. The summed E-state index contributed by atoms with van der Waals surface area (Å²) in [5.74, 6) is 0. The normalized spacial score (nSPS) is 10.3. The predicted molar refractivity (Wildman–Crippen MR) is 59.8 cm³/mol. The molecule has 0 amide bonds. The summed E-state index contributed by atoms with van der Waals surface area (Å²) in [5.41, 5.74) is 3.82. The first-order chi connectivity index (χ1) is 7.18. The molecule has 0 bridgehead atoms. The average molecular weight is 200 g/mol. The number of H-pyrrole nitrogens is 1. The largest absolute Gasteiger partial charge is 0.313 e. The standard InChI is InChI=1S/C12H12N2O/c1-8-3-4-10(5-9(8)2)11-6-13-7-14-12(11)15/h3-7H,1-2H3,(H,13,14,15). The Hall–Kier alpha value is -1.90. The SMILES string of the molecule is Cc1ccc(-c2cnc[nH]c2=O)cc1C. The van der Waals surface area contributed by atoms with Gasteiger partial charge in [-0.1, -0.05) is 18.2 Å². The Kier molecular flexibility index (Phi) is 2.37. The summed E-state index contributed by atoms with van der Waals surface area (Å²) in [4.78, 5) is 18.0. The molecule has 0 unspecified atom stereocenters. The van der Waals surface area contributed by atoms with Crippen molar-refractivity contribution in [1.82, 2.24) is 9.97 Å². The van der Waals surface area contributed by atoms with Gasteiger partial charge in [-0.25, -0.2) is 4.98 Å². The molecule has 3 heteroatoms. The number of rotatable bonds is 1. The molecule has 1 heterocycles. The van der Waals surface area contributed by atoms with Crippen molar-refractivity contribution in [1.29, 1.82) is 0 Å². The van der Waals surface area contributed by atoms with Crippen molar-refractivity contribution in [3.05, 3.63) is 52.2 Å². The summed E-state index contributed by atoms with van der Waals surface area (Å²) in [6, 6.07) is 5.95. The Morgan fingerprint density at radius 2 is 2.00 bits per heavy atom. The van der Waals surface area contributed by atoms with Gasteiger partial charge in [0.05, 0.1) is 11.9 Å². The Morgan fingerprint density at radius 1 is 1.20 bits per heavy atom. The van der Waals surface area contributed by atoms with E-state index in [0.29, 0.717) is 5.56 Å². The molecule has 0 aliphatic heterocycles. The van der Waals surface area contributed by atoms with Gasteiger partial charge in [0.15, 0.2) is 0 Å². The van der Waals surface area contributed by atoms with Gasteiger partial charge in [-0.3, -0.25) is 4.79 Å². The summed E-state index contributed by atoms with van der Waals surface area (Å²) in [6.45, 7) is 4.08. The Bertz CT molecular complexity index is 543. The molecule has 0 aliphatic carbocycles. The molecular formula is C12H12N2O. The average Bonchev–Trinajstić information content (AvgIpc) is 2.23. The molecule has 0 saturated heterocycles. The van der Waals surface area contributed by atoms with Crippen molar-refractivity contribution in [3.63, 3.8) is 0 Å². The van der Waals surface area contributed by atoms with Crippen LogP contribution in [-0.2, 0) is 0 Å². The van der Waals surface area contributed by atoms with Gasteiger partial charge in [-0.2, -0.15) is 0 Å². The molecule has 2 rings (SSSR count). The van der Waals surface area contributed by atoms with E-state index in [-0.39, 0.29) is 5.56 Å². The first-order valence-electron chi connectivity index (χ1n) is 4.79. The maximum atomic E-state index is 11.5. The van der Waals surface area contributed by atoms with E-state index >= 15 is 0 Å². The second kappa shape index (κ2) is 3.69. The smallest absolute Gasteiger partial charge is 0.258 e. The molecule has 1 N–H and O–H groups in total. The molecule has 15 heavy (non-hydrogen) atoms. The zero-order valence-corrected chi connectivity index (χ0v) is 8.74. The summed E-state index contributed by atoms with van der Waals surface area (Å²) in [7, 11) is 0. The van der Waals surface area contributed by atoms with Crippen molar-refractivity contribution in [2.45, 2.75) is 13.8 Å². The van der Waals surface area contributed by atoms with Crippen LogP contribution in [0.4, 0.5) is 0 Å². The molecule has 0 aliphatic rings. The maximum Gasteiger partial charge on any atom is 0.258 e. The lowest BCUT2D eigenvalue weighted by molar-refractivity contribution is 1.12. The number of aryl methyl sites for hydroxylation is 2. The summed E-state index contributed by atoms with van der Waals surface area (Å²) < 4.78 is 0. The highest BCUT2D eigenvalue weighted by Gasteiger charge is 2.03. The number of benzene rings is 1. The number of nitrogens with zero attached hydrogens (tertiary/aromatic N) is 1. The second-order valence-electron chi connectivity index (χ2n) is 3.59. The third kappa shape index (κ3) is 1.81. The molecule has 0 radical (unpaired) electrons. The zero-order valence-electron chi connectivity index (χ0n) is 8.74. The van der Waals surface area contributed by atoms with Crippen LogP contribution in [-0.4, -0.2) is 9.97 Å². The number of hydrogen-bond donors (Lipinski definition) is 1. The van der Waals surface area contributed by atoms with Gasteiger partial charge < -0.3 is 4.98 Å². The monoisotopic (exact) mass is 200 g/mol. The lowest BCUT2D eigenvalue weighted by atomic mass is 10.0. The highest BCUT2D eigenvalue weighted by Crippen LogP contribution is 2.17.